The Labute approximate surface area is 147 Å². The molecule has 0 saturated carbocycles. The normalized spacial score (nSPS) is 13.5. The van der Waals surface area contributed by atoms with Gasteiger partial charge in [-0.25, -0.2) is 9.97 Å². The average molecular weight is 341 g/mol. The van der Waals surface area contributed by atoms with Gasteiger partial charge in [0.1, 0.15) is 0 Å². The molecule has 0 bridgehead atoms. The first-order valence-electron chi connectivity index (χ1n) is 8.38. The van der Waals surface area contributed by atoms with Crippen LogP contribution in [0.5, 0.6) is 0 Å². The molecule has 1 amide bonds. The standard InChI is InChI=1S/C19H23N3OS/c1-12-8-13(2)10-15(9-12)21-18(23)11-24-19-20-14(3)16-6-4-5-7-17(16)22-19/h8-10H,4-7,11H2,1-3H3,(H,21,23). The summed E-state index contributed by atoms with van der Waals surface area (Å²) in [6, 6.07) is 6.05. The van der Waals surface area contributed by atoms with Gasteiger partial charge >= 0.3 is 0 Å². The topological polar surface area (TPSA) is 54.9 Å². The molecule has 0 fully saturated rings. The van der Waals surface area contributed by atoms with E-state index >= 15 is 0 Å². The molecule has 5 heteroatoms. The van der Waals surface area contributed by atoms with E-state index < -0.39 is 0 Å². The molecule has 4 nitrogen and oxygen atoms in total. The van der Waals surface area contributed by atoms with E-state index in [2.05, 4.69) is 21.4 Å². The van der Waals surface area contributed by atoms with Gasteiger partial charge in [-0.2, -0.15) is 0 Å². The summed E-state index contributed by atoms with van der Waals surface area (Å²) >= 11 is 1.41. The van der Waals surface area contributed by atoms with Crippen molar-refractivity contribution in [1.29, 1.82) is 0 Å². The lowest BCUT2D eigenvalue weighted by molar-refractivity contribution is -0.113. The number of hydrogen-bond donors (Lipinski definition) is 1. The summed E-state index contributed by atoms with van der Waals surface area (Å²) in [6.07, 6.45) is 4.53. The van der Waals surface area contributed by atoms with Crippen LogP contribution in [0.4, 0.5) is 5.69 Å². The van der Waals surface area contributed by atoms with Crippen LogP contribution in [0.1, 0.15) is 40.9 Å². The van der Waals surface area contributed by atoms with Crippen LogP contribution in [0.3, 0.4) is 0 Å². The first-order valence-corrected chi connectivity index (χ1v) is 9.37. The molecule has 0 atom stereocenters. The zero-order valence-electron chi connectivity index (χ0n) is 14.5. The van der Waals surface area contributed by atoms with E-state index in [1.807, 2.05) is 32.9 Å². The number of thioether (sulfide) groups is 1. The minimum Gasteiger partial charge on any atom is -0.325 e. The summed E-state index contributed by atoms with van der Waals surface area (Å²) in [5, 5.41) is 3.67. The van der Waals surface area contributed by atoms with E-state index in [4.69, 9.17) is 0 Å². The van der Waals surface area contributed by atoms with Gasteiger partial charge in [-0.05, 0) is 75.3 Å². The molecule has 0 aliphatic heterocycles. The molecular weight excluding hydrogens is 318 g/mol. The summed E-state index contributed by atoms with van der Waals surface area (Å²) < 4.78 is 0. The van der Waals surface area contributed by atoms with Crippen molar-refractivity contribution in [2.24, 2.45) is 0 Å². The van der Waals surface area contributed by atoms with Gasteiger partial charge in [-0.15, -0.1) is 0 Å². The van der Waals surface area contributed by atoms with Crippen molar-refractivity contribution in [3.8, 4) is 0 Å². The molecule has 0 unspecified atom stereocenters. The maximum atomic E-state index is 12.2. The van der Waals surface area contributed by atoms with E-state index in [-0.39, 0.29) is 5.91 Å². The van der Waals surface area contributed by atoms with Crippen molar-refractivity contribution < 1.29 is 4.79 Å². The van der Waals surface area contributed by atoms with Crippen molar-refractivity contribution in [2.45, 2.75) is 51.6 Å². The van der Waals surface area contributed by atoms with Crippen molar-refractivity contribution in [1.82, 2.24) is 9.97 Å². The first kappa shape index (κ1) is 17.0. The molecular formula is C19H23N3OS. The number of rotatable bonds is 4. The fraction of sp³-hybridized carbons (Fsp3) is 0.421. The Morgan fingerprint density at radius 1 is 1.08 bits per heavy atom. The van der Waals surface area contributed by atoms with Crippen molar-refractivity contribution >= 4 is 23.4 Å². The van der Waals surface area contributed by atoms with Crippen LogP contribution in [0, 0.1) is 20.8 Å². The number of nitrogens with zero attached hydrogens (tertiary/aromatic N) is 2. The SMILES string of the molecule is Cc1cc(C)cc(NC(=O)CSc2nc(C)c3c(n2)CCCC3)c1. The second-order valence-corrected chi connectivity index (χ2v) is 7.38. The Morgan fingerprint density at radius 3 is 2.54 bits per heavy atom. The molecule has 1 heterocycles. The fourth-order valence-electron chi connectivity index (χ4n) is 3.19. The Hall–Kier alpha value is -1.88. The monoisotopic (exact) mass is 341 g/mol. The van der Waals surface area contributed by atoms with E-state index in [1.165, 1.54) is 35.9 Å². The lowest BCUT2D eigenvalue weighted by Gasteiger charge is -2.17. The largest absolute Gasteiger partial charge is 0.325 e. The molecule has 3 rings (SSSR count). The van der Waals surface area contributed by atoms with Gasteiger partial charge in [-0.1, -0.05) is 17.8 Å². The van der Waals surface area contributed by atoms with Gasteiger partial charge in [0.2, 0.25) is 5.91 Å². The number of carbonyl (C=O) groups is 1. The second kappa shape index (κ2) is 7.34. The summed E-state index contributed by atoms with van der Waals surface area (Å²) in [5.74, 6) is 0.301. The third kappa shape index (κ3) is 4.15. The number of fused-ring (bicyclic) bond motifs is 1. The molecule has 0 spiro atoms. The molecule has 1 N–H and O–H groups in total. The van der Waals surface area contributed by atoms with Crippen LogP contribution >= 0.6 is 11.8 Å². The highest BCUT2D eigenvalue weighted by molar-refractivity contribution is 7.99. The zero-order chi connectivity index (χ0) is 17.1. The molecule has 1 aliphatic rings. The van der Waals surface area contributed by atoms with E-state index in [0.29, 0.717) is 10.9 Å². The molecule has 1 aromatic heterocycles. The van der Waals surface area contributed by atoms with E-state index in [9.17, 15) is 4.79 Å². The van der Waals surface area contributed by atoms with Crippen LogP contribution in [0.15, 0.2) is 23.4 Å². The lowest BCUT2D eigenvalue weighted by atomic mass is 9.95. The molecule has 126 valence electrons. The third-order valence-electron chi connectivity index (χ3n) is 4.21. The minimum atomic E-state index is -0.0241. The quantitative estimate of drug-likeness (QED) is 0.674. The van der Waals surface area contributed by atoms with Gasteiger partial charge in [-0.3, -0.25) is 4.79 Å². The Bertz CT molecular complexity index is 753. The van der Waals surface area contributed by atoms with Crippen LogP contribution in [-0.4, -0.2) is 21.6 Å². The number of benzene rings is 1. The second-order valence-electron chi connectivity index (χ2n) is 6.44. The minimum absolute atomic E-state index is 0.0241. The molecule has 0 saturated heterocycles. The van der Waals surface area contributed by atoms with Gasteiger partial charge in [0.15, 0.2) is 5.16 Å². The summed E-state index contributed by atoms with van der Waals surface area (Å²) in [6.45, 7) is 6.10. The summed E-state index contributed by atoms with van der Waals surface area (Å²) in [7, 11) is 0. The van der Waals surface area contributed by atoms with Crippen molar-refractivity contribution in [3.05, 3.63) is 46.3 Å². The molecule has 0 radical (unpaired) electrons. The fourth-order valence-corrected chi connectivity index (χ4v) is 3.90. The summed E-state index contributed by atoms with van der Waals surface area (Å²) in [5.41, 5.74) is 6.69. The first-order chi connectivity index (χ1) is 11.5. The van der Waals surface area contributed by atoms with E-state index in [0.717, 1.165) is 35.3 Å². The Morgan fingerprint density at radius 2 is 1.79 bits per heavy atom. The van der Waals surface area contributed by atoms with Gasteiger partial charge < -0.3 is 5.32 Å². The molecule has 2 aromatic rings. The predicted molar refractivity (Wildman–Crippen MR) is 98.7 cm³/mol. The highest BCUT2D eigenvalue weighted by Crippen LogP contribution is 2.25. The number of aryl methyl sites for hydroxylation is 4. The van der Waals surface area contributed by atoms with Gasteiger partial charge in [0.25, 0.3) is 0 Å². The smallest absolute Gasteiger partial charge is 0.234 e. The number of nitrogens with one attached hydrogen (secondary N) is 1. The van der Waals surface area contributed by atoms with Crippen LogP contribution in [0.2, 0.25) is 0 Å². The third-order valence-corrected chi connectivity index (χ3v) is 5.05. The highest BCUT2D eigenvalue weighted by Gasteiger charge is 2.16. The van der Waals surface area contributed by atoms with E-state index in [1.54, 1.807) is 0 Å². The van der Waals surface area contributed by atoms with Gasteiger partial charge in [0.05, 0.1) is 5.75 Å². The van der Waals surface area contributed by atoms with Crippen LogP contribution in [-0.2, 0) is 17.6 Å². The number of carbonyl (C=O) groups excluding carboxylic acids is 1. The summed E-state index contributed by atoms with van der Waals surface area (Å²) in [4.78, 5) is 21.4. The van der Waals surface area contributed by atoms with Crippen molar-refractivity contribution in [2.75, 3.05) is 11.1 Å². The molecule has 1 aromatic carbocycles. The average Bonchev–Trinajstić information content (AvgIpc) is 2.52. The predicted octanol–water partition coefficient (Wildman–Crippen LogP) is 4.01. The maximum Gasteiger partial charge on any atom is 0.234 e. The molecule has 1 aliphatic carbocycles. The number of hydrogen-bond acceptors (Lipinski definition) is 4. The maximum absolute atomic E-state index is 12.2. The molecule has 24 heavy (non-hydrogen) atoms. The zero-order valence-corrected chi connectivity index (χ0v) is 15.3. The highest BCUT2D eigenvalue weighted by atomic mass is 32.2. The van der Waals surface area contributed by atoms with Crippen LogP contribution < -0.4 is 5.32 Å². The van der Waals surface area contributed by atoms with Crippen molar-refractivity contribution in [3.63, 3.8) is 0 Å². The van der Waals surface area contributed by atoms with Crippen LogP contribution in [0.25, 0.3) is 0 Å². The Kier molecular flexibility index (Phi) is 5.19. The van der Waals surface area contributed by atoms with Gasteiger partial charge in [0, 0.05) is 17.1 Å². The number of aromatic nitrogens is 2. The lowest BCUT2D eigenvalue weighted by Crippen LogP contribution is -2.15. The Balaban J connectivity index is 1.63. The number of amides is 1. The number of anilines is 1.